The summed E-state index contributed by atoms with van der Waals surface area (Å²) in [5, 5.41) is 3.37. The van der Waals surface area contributed by atoms with Crippen LogP contribution in [0.25, 0.3) is 0 Å². The number of anilines is 4. The number of likely N-dealkylation sites (tertiary alicyclic amines) is 1. The Morgan fingerprint density at radius 3 is 2.42 bits per heavy atom. The zero-order chi connectivity index (χ0) is 25.4. The van der Waals surface area contributed by atoms with Crippen molar-refractivity contribution in [3.8, 4) is 0 Å². The molecular formula is C28H35N7O. The van der Waals surface area contributed by atoms with Gasteiger partial charge >= 0.3 is 0 Å². The molecule has 0 spiro atoms. The number of hydrogen-bond acceptors (Lipinski definition) is 7. The average Bonchev–Trinajstić information content (AvgIpc) is 2.85. The second-order valence-corrected chi connectivity index (χ2v) is 10.1. The highest BCUT2D eigenvalue weighted by atomic mass is 16.2. The lowest BCUT2D eigenvalue weighted by molar-refractivity contribution is 0.0527. The SMILES string of the molecule is Cc1cc(C)cc(Nc2ncc3c(n2)CCN(C2CCN(C(=O)c4ccc(N)c(N)c4)CC2)C3C)c1. The predicted octanol–water partition coefficient (Wildman–Crippen LogP) is 4.23. The molecule has 0 aliphatic carbocycles. The number of carbonyl (C=O) groups excluding carboxylic acids is 1. The number of aromatic nitrogens is 2. The molecule has 5 rings (SSSR count). The van der Waals surface area contributed by atoms with Crippen LogP contribution in [0.3, 0.4) is 0 Å². The number of amides is 1. The Labute approximate surface area is 212 Å². The fourth-order valence-electron chi connectivity index (χ4n) is 5.61. The Kier molecular flexibility index (Phi) is 6.53. The fraction of sp³-hybridized carbons (Fsp3) is 0.393. The van der Waals surface area contributed by atoms with Crippen molar-refractivity contribution in [1.82, 2.24) is 19.8 Å². The lowest BCUT2D eigenvalue weighted by atomic mass is 9.93. The molecule has 188 valence electrons. The maximum Gasteiger partial charge on any atom is 0.253 e. The first kappa shape index (κ1) is 24.1. The van der Waals surface area contributed by atoms with Crippen LogP contribution < -0.4 is 16.8 Å². The summed E-state index contributed by atoms with van der Waals surface area (Å²) >= 11 is 0. The average molecular weight is 486 g/mol. The second-order valence-electron chi connectivity index (χ2n) is 10.1. The van der Waals surface area contributed by atoms with Crippen molar-refractivity contribution in [2.45, 2.75) is 52.1 Å². The van der Waals surface area contributed by atoms with E-state index in [1.54, 1.807) is 18.2 Å². The molecule has 36 heavy (non-hydrogen) atoms. The van der Waals surface area contributed by atoms with Crippen LogP contribution in [-0.2, 0) is 6.42 Å². The largest absolute Gasteiger partial charge is 0.397 e. The fourth-order valence-corrected chi connectivity index (χ4v) is 5.61. The quantitative estimate of drug-likeness (QED) is 0.474. The van der Waals surface area contributed by atoms with Gasteiger partial charge in [0.25, 0.3) is 5.91 Å². The van der Waals surface area contributed by atoms with Crippen LogP contribution in [-0.4, -0.2) is 51.4 Å². The molecule has 1 unspecified atom stereocenters. The van der Waals surface area contributed by atoms with Crippen molar-refractivity contribution in [3.05, 3.63) is 70.5 Å². The molecule has 2 aromatic carbocycles. The highest BCUT2D eigenvalue weighted by Gasteiger charge is 2.34. The van der Waals surface area contributed by atoms with Crippen LogP contribution in [0, 0.1) is 13.8 Å². The minimum atomic E-state index is 0.0226. The smallest absolute Gasteiger partial charge is 0.253 e. The summed E-state index contributed by atoms with van der Waals surface area (Å²) in [5.41, 5.74) is 19.0. The normalized spacial score (nSPS) is 18.6. The molecule has 1 saturated heterocycles. The van der Waals surface area contributed by atoms with Gasteiger partial charge in [-0.15, -0.1) is 0 Å². The van der Waals surface area contributed by atoms with Crippen LogP contribution in [0.2, 0.25) is 0 Å². The van der Waals surface area contributed by atoms with Gasteiger partial charge in [-0.2, -0.15) is 0 Å². The van der Waals surface area contributed by atoms with Gasteiger partial charge in [0.15, 0.2) is 0 Å². The van der Waals surface area contributed by atoms with E-state index in [2.05, 4.69) is 54.2 Å². The lowest BCUT2D eigenvalue weighted by Crippen LogP contribution is -2.49. The number of aryl methyl sites for hydroxylation is 2. The summed E-state index contributed by atoms with van der Waals surface area (Å²) in [6.45, 7) is 8.86. The number of piperidine rings is 1. The Morgan fingerprint density at radius 1 is 1.00 bits per heavy atom. The molecule has 2 aliphatic rings. The lowest BCUT2D eigenvalue weighted by Gasteiger charge is -2.43. The van der Waals surface area contributed by atoms with Crippen molar-refractivity contribution in [2.75, 3.05) is 36.4 Å². The highest BCUT2D eigenvalue weighted by Crippen LogP contribution is 2.33. The number of rotatable bonds is 4. The number of benzene rings is 2. The number of fused-ring (bicyclic) bond motifs is 1. The van der Waals surface area contributed by atoms with Gasteiger partial charge in [-0.25, -0.2) is 9.97 Å². The Morgan fingerprint density at radius 2 is 1.72 bits per heavy atom. The van der Waals surface area contributed by atoms with Gasteiger partial charge in [0.05, 0.1) is 17.1 Å². The zero-order valence-corrected chi connectivity index (χ0v) is 21.3. The van der Waals surface area contributed by atoms with E-state index < -0.39 is 0 Å². The molecule has 0 saturated carbocycles. The van der Waals surface area contributed by atoms with E-state index in [-0.39, 0.29) is 11.9 Å². The monoisotopic (exact) mass is 485 g/mol. The molecule has 2 aliphatic heterocycles. The van der Waals surface area contributed by atoms with Crippen LogP contribution in [0.1, 0.15) is 58.5 Å². The third kappa shape index (κ3) is 4.86. The molecule has 5 N–H and O–H groups in total. The molecule has 0 bridgehead atoms. The minimum absolute atomic E-state index is 0.0226. The Balaban J connectivity index is 1.22. The number of nitrogens with zero attached hydrogens (tertiary/aromatic N) is 4. The highest BCUT2D eigenvalue weighted by molar-refractivity contribution is 5.96. The van der Waals surface area contributed by atoms with Crippen molar-refractivity contribution < 1.29 is 4.79 Å². The molecule has 3 heterocycles. The molecule has 8 heteroatoms. The van der Waals surface area contributed by atoms with E-state index in [1.807, 2.05) is 11.1 Å². The summed E-state index contributed by atoms with van der Waals surface area (Å²) in [4.78, 5) is 27.0. The van der Waals surface area contributed by atoms with Crippen LogP contribution in [0.4, 0.5) is 23.0 Å². The molecule has 1 amide bonds. The van der Waals surface area contributed by atoms with Gasteiger partial charge in [-0.1, -0.05) is 6.07 Å². The zero-order valence-electron chi connectivity index (χ0n) is 21.3. The van der Waals surface area contributed by atoms with E-state index in [0.717, 1.165) is 50.3 Å². The molecule has 8 nitrogen and oxygen atoms in total. The minimum Gasteiger partial charge on any atom is -0.397 e. The van der Waals surface area contributed by atoms with Gasteiger partial charge in [0.2, 0.25) is 5.95 Å². The van der Waals surface area contributed by atoms with E-state index in [4.69, 9.17) is 16.5 Å². The van der Waals surface area contributed by atoms with Crippen LogP contribution in [0.5, 0.6) is 0 Å². The molecule has 1 atom stereocenters. The van der Waals surface area contributed by atoms with Gasteiger partial charge in [0.1, 0.15) is 0 Å². The van der Waals surface area contributed by atoms with Crippen molar-refractivity contribution >= 4 is 28.9 Å². The standard InChI is InChI=1S/C28H35N7O/c1-17-12-18(2)14-21(13-17)32-28-31-16-23-19(3)35(11-8-26(23)33-28)22-6-9-34(10-7-22)27(36)20-4-5-24(29)25(30)15-20/h4-5,12-16,19,22H,6-11,29-30H2,1-3H3,(H,31,32,33). The van der Waals surface area contributed by atoms with Crippen molar-refractivity contribution in [3.63, 3.8) is 0 Å². The van der Waals surface area contributed by atoms with E-state index in [1.165, 1.54) is 16.7 Å². The summed E-state index contributed by atoms with van der Waals surface area (Å²) in [5.74, 6) is 0.670. The van der Waals surface area contributed by atoms with E-state index >= 15 is 0 Å². The maximum atomic E-state index is 13.0. The van der Waals surface area contributed by atoms with Gasteiger partial charge in [-0.3, -0.25) is 9.69 Å². The summed E-state index contributed by atoms with van der Waals surface area (Å²) in [7, 11) is 0. The van der Waals surface area contributed by atoms with Crippen molar-refractivity contribution in [2.24, 2.45) is 0 Å². The number of nitrogen functional groups attached to an aromatic ring is 2. The summed E-state index contributed by atoms with van der Waals surface area (Å²) < 4.78 is 0. The second kappa shape index (κ2) is 9.78. The first-order valence-electron chi connectivity index (χ1n) is 12.7. The third-order valence-corrected chi connectivity index (χ3v) is 7.49. The van der Waals surface area contributed by atoms with Crippen LogP contribution >= 0.6 is 0 Å². The summed E-state index contributed by atoms with van der Waals surface area (Å²) in [6.07, 6.45) is 4.77. The van der Waals surface area contributed by atoms with E-state index in [0.29, 0.717) is 28.9 Å². The molecular weight excluding hydrogens is 450 g/mol. The number of nitrogens with one attached hydrogen (secondary N) is 1. The molecule has 3 aromatic rings. The van der Waals surface area contributed by atoms with Crippen LogP contribution in [0.15, 0.2) is 42.6 Å². The first-order chi connectivity index (χ1) is 17.3. The Hall–Kier alpha value is -3.65. The topological polar surface area (TPSA) is 113 Å². The number of nitrogens with two attached hydrogens (primary N) is 2. The van der Waals surface area contributed by atoms with Gasteiger partial charge in [0, 0.05) is 61.1 Å². The van der Waals surface area contributed by atoms with E-state index in [9.17, 15) is 4.79 Å². The predicted molar refractivity (Wildman–Crippen MR) is 144 cm³/mol. The van der Waals surface area contributed by atoms with Crippen molar-refractivity contribution in [1.29, 1.82) is 0 Å². The molecule has 1 aromatic heterocycles. The molecule has 1 fully saturated rings. The van der Waals surface area contributed by atoms with Gasteiger partial charge < -0.3 is 21.7 Å². The third-order valence-electron chi connectivity index (χ3n) is 7.49. The Bertz CT molecular complexity index is 1260. The first-order valence-corrected chi connectivity index (χ1v) is 12.7. The number of carbonyl (C=O) groups is 1. The number of hydrogen-bond donors (Lipinski definition) is 3. The maximum absolute atomic E-state index is 13.0. The summed E-state index contributed by atoms with van der Waals surface area (Å²) in [6, 6.07) is 12.2. The molecule has 0 radical (unpaired) electrons. The van der Waals surface area contributed by atoms with Gasteiger partial charge in [-0.05, 0) is 75.1 Å².